The summed E-state index contributed by atoms with van der Waals surface area (Å²) in [5.74, 6) is 0.636. The van der Waals surface area contributed by atoms with Gasteiger partial charge in [-0.05, 0) is 42.2 Å². The van der Waals surface area contributed by atoms with Crippen molar-refractivity contribution in [1.29, 1.82) is 0 Å². The Morgan fingerprint density at radius 1 is 0.968 bits per heavy atom. The Balaban J connectivity index is 1.48. The molecule has 31 heavy (non-hydrogen) atoms. The molecule has 2 atom stereocenters. The lowest BCUT2D eigenvalue weighted by Gasteiger charge is -2.30. The monoisotopic (exact) mass is 418 g/mol. The van der Waals surface area contributed by atoms with Gasteiger partial charge < -0.3 is 20.9 Å². The van der Waals surface area contributed by atoms with Crippen molar-refractivity contribution in [1.82, 2.24) is 5.32 Å². The fraction of sp³-hybridized carbons (Fsp3) is 0.269. The van der Waals surface area contributed by atoms with Gasteiger partial charge in [0.25, 0.3) is 0 Å². The highest BCUT2D eigenvalue weighted by molar-refractivity contribution is 5.75. The lowest BCUT2D eigenvalue weighted by molar-refractivity contribution is -0.121. The van der Waals surface area contributed by atoms with Crippen LogP contribution in [0.1, 0.15) is 36.5 Å². The average Bonchev–Trinajstić information content (AvgIpc) is 2.81. The van der Waals surface area contributed by atoms with Crippen molar-refractivity contribution in [2.45, 2.75) is 44.6 Å². The van der Waals surface area contributed by atoms with E-state index in [0.29, 0.717) is 25.1 Å². The molecule has 0 spiro atoms. The minimum absolute atomic E-state index is 0.0836. The minimum Gasteiger partial charge on any atom is -0.489 e. The van der Waals surface area contributed by atoms with Crippen LogP contribution < -0.4 is 15.8 Å². The fourth-order valence-electron chi connectivity index (χ4n) is 3.30. The van der Waals surface area contributed by atoms with Gasteiger partial charge in [0.1, 0.15) is 18.0 Å². The summed E-state index contributed by atoms with van der Waals surface area (Å²) in [4.78, 5) is 12.2. The maximum absolute atomic E-state index is 12.2. The molecule has 5 nitrogen and oxygen atoms in total. The smallest absolute Gasteiger partial charge is 0.220 e. The summed E-state index contributed by atoms with van der Waals surface area (Å²) < 4.78 is 5.80. The highest BCUT2D eigenvalue weighted by Crippen LogP contribution is 2.28. The van der Waals surface area contributed by atoms with E-state index in [1.165, 1.54) is 0 Å². The Hall–Kier alpha value is -3.15. The van der Waals surface area contributed by atoms with Crippen molar-refractivity contribution < 1.29 is 14.6 Å². The van der Waals surface area contributed by atoms with Crippen LogP contribution in [-0.4, -0.2) is 17.1 Å². The number of hydrogen-bond acceptors (Lipinski definition) is 4. The van der Waals surface area contributed by atoms with Crippen LogP contribution in [-0.2, 0) is 23.5 Å². The fourth-order valence-corrected chi connectivity index (χ4v) is 3.30. The molecule has 3 aromatic rings. The standard InChI is InChI=1S/C26H30N2O3/c1-26(30,24(27)16-17-25(29)28-18-20-8-4-2-5-9-20)22-12-14-23(15-13-22)31-19-21-10-6-3-7-11-21/h2-15,24,30H,16-19,27H2,1H3,(H,28,29). The molecule has 0 heterocycles. The quantitative estimate of drug-likeness (QED) is 0.466. The van der Waals surface area contributed by atoms with Gasteiger partial charge >= 0.3 is 0 Å². The van der Waals surface area contributed by atoms with E-state index < -0.39 is 11.6 Å². The second kappa shape index (κ2) is 10.8. The van der Waals surface area contributed by atoms with Crippen LogP contribution in [0.25, 0.3) is 0 Å². The molecule has 0 fully saturated rings. The normalized spacial score (nSPS) is 13.8. The van der Waals surface area contributed by atoms with Crippen molar-refractivity contribution >= 4 is 5.91 Å². The molecule has 0 aromatic heterocycles. The number of amides is 1. The predicted octanol–water partition coefficient (Wildman–Crippen LogP) is 3.90. The van der Waals surface area contributed by atoms with Crippen molar-refractivity contribution in [3.8, 4) is 5.75 Å². The highest BCUT2D eigenvalue weighted by atomic mass is 16.5. The Morgan fingerprint density at radius 2 is 1.55 bits per heavy atom. The molecule has 0 aliphatic heterocycles. The number of carbonyl (C=O) groups excluding carboxylic acids is 1. The summed E-state index contributed by atoms with van der Waals surface area (Å²) in [5.41, 5.74) is 7.82. The molecular weight excluding hydrogens is 388 g/mol. The van der Waals surface area contributed by atoms with E-state index in [4.69, 9.17) is 10.5 Å². The number of hydrogen-bond donors (Lipinski definition) is 3. The molecule has 162 valence electrons. The van der Waals surface area contributed by atoms with Crippen LogP contribution in [0.15, 0.2) is 84.9 Å². The van der Waals surface area contributed by atoms with Gasteiger partial charge in [-0.15, -0.1) is 0 Å². The number of carbonyl (C=O) groups is 1. The van der Waals surface area contributed by atoms with Crippen molar-refractivity contribution in [2.24, 2.45) is 5.73 Å². The molecule has 0 radical (unpaired) electrons. The minimum atomic E-state index is -1.25. The van der Waals surface area contributed by atoms with E-state index in [1.807, 2.05) is 84.9 Å². The van der Waals surface area contributed by atoms with Crippen LogP contribution in [0, 0.1) is 0 Å². The second-order valence-corrected chi connectivity index (χ2v) is 7.85. The number of ether oxygens (including phenoxy) is 1. The first-order valence-electron chi connectivity index (χ1n) is 10.5. The number of rotatable bonds is 10. The summed E-state index contributed by atoms with van der Waals surface area (Å²) in [5, 5.41) is 13.9. The molecule has 0 aliphatic carbocycles. The lowest BCUT2D eigenvalue weighted by atomic mass is 9.86. The van der Waals surface area contributed by atoms with Gasteiger partial charge in [0.2, 0.25) is 5.91 Å². The van der Waals surface area contributed by atoms with E-state index in [2.05, 4.69) is 5.32 Å². The van der Waals surface area contributed by atoms with Gasteiger partial charge in [0.05, 0.1) is 0 Å². The highest BCUT2D eigenvalue weighted by Gasteiger charge is 2.31. The van der Waals surface area contributed by atoms with Gasteiger partial charge in [-0.2, -0.15) is 0 Å². The summed E-state index contributed by atoms with van der Waals surface area (Å²) in [7, 11) is 0. The molecule has 3 rings (SSSR count). The van der Waals surface area contributed by atoms with Gasteiger partial charge in [-0.1, -0.05) is 72.8 Å². The molecule has 4 N–H and O–H groups in total. The third-order valence-electron chi connectivity index (χ3n) is 5.42. The van der Waals surface area contributed by atoms with Crippen LogP contribution >= 0.6 is 0 Å². The van der Waals surface area contributed by atoms with Crippen molar-refractivity contribution in [3.63, 3.8) is 0 Å². The van der Waals surface area contributed by atoms with Crippen LogP contribution in [0.2, 0.25) is 0 Å². The molecule has 3 aromatic carbocycles. The number of benzene rings is 3. The molecule has 0 aliphatic rings. The Morgan fingerprint density at radius 3 is 2.16 bits per heavy atom. The third-order valence-corrected chi connectivity index (χ3v) is 5.42. The molecule has 0 saturated heterocycles. The Labute approximate surface area is 183 Å². The lowest BCUT2D eigenvalue weighted by Crippen LogP contribution is -2.43. The van der Waals surface area contributed by atoms with E-state index in [9.17, 15) is 9.90 Å². The van der Waals surface area contributed by atoms with E-state index in [-0.39, 0.29) is 12.3 Å². The first kappa shape index (κ1) is 22.5. The zero-order chi connectivity index (χ0) is 22.1. The van der Waals surface area contributed by atoms with Gasteiger partial charge in [-0.3, -0.25) is 4.79 Å². The Kier molecular flexibility index (Phi) is 7.82. The van der Waals surface area contributed by atoms with E-state index in [1.54, 1.807) is 6.92 Å². The SMILES string of the molecule is CC(O)(c1ccc(OCc2ccccc2)cc1)C(N)CCC(=O)NCc1ccccc1. The summed E-state index contributed by atoms with van der Waals surface area (Å²) in [6, 6.07) is 26.4. The summed E-state index contributed by atoms with van der Waals surface area (Å²) >= 11 is 0. The molecule has 1 amide bonds. The van der Waals surface area contributed by atoms with Gasteiger partial charge in [0, 0.05) is 19.0 Å². The molecule has 0 saturated carbocycles. The maximum Gasteiger partial charge on any atom is 0.220 e. The zero-order valence-corrected chi connectivity index (χ0v) is 17.8. The predicted molar refractivity (Wildman–Crippen MR) is 122 cm³/mol. The van der Waals surface area contributed by atoms with E-state index in [0.717, 1.165) is 16.9 Å². The first-order valence-corrected chi connectivity index (χ1v) is 10.5. The van der Waals surface area contributed by atoms with E-state index >= 15 is 0 Å². The summed E-state index contributed by atoms with van der Waals surface area (Å²) in [6.45, 7) is 2.64. The average molecular weight is 419 g/mol. The van der Waals surface area contributed by atoms with Crippen LogP contribution in [0.5, 0.6) is 5.75 Å². The van der Waals surface area contributed by atoms with Gasteiger partial charge in [-0.25, -0.2) is 0 Å². The first-order chi connectivity index (χ1) is 14.9. The zero-order valence-electron chi connectivity index (χ0n) is 17.8. The van der Waals surface area contributed by atoms with Crippen molar-refractivity contribution in [3.05, 3.63) is 102 Å². The maximum atomic E-state index is 12.2. The summed E-state index contributed by atoms with van der Waals surface area (Å²) in [6.07, 6.45) is 0.627. The molecule has 0 bridgehead atoms. The number of aliphatic hydroxyl groups is 1. The largest absolute Gasteiger partial charge is 0.489 e. The van der Waals surface area contributed by atoms with Crippen LogP contribution in [0.3, 0.4) is 0 Å². The second-order valence-electron chi connectivity index (χ2n) is 7.85. The molecular formula is C26H30N2O3. The Bertz CT molecular complexity index is 941. The topological polar surface area (TPSA) is 84.6 Å². The van der Waals surface area contributed by atoms with Crippen LogP contribution in [0.4, 0.5) is 0 Å². The number of nitrogens with one attached hydrogen (secondary N) is 1. The third kappa shape index (κ3) is 6.67. The number of nitrogens with two attached hydrogens (primary N) is 1. The molecule has 2 unspecified atom stereocenters. The molecule has 5 heteroatoms. The van der Waals surface area contributed by atoms with Crippen molar-refractivity contribution in [2.75, 3.05) is 0 Å². The van der Waals surface area contributed by atoms with Gasteiger partial charge in [0.15, 0.2) is 0 Å².